The summed E-state index contributed by atoms with van der Waals surface area (Å²) in [6, 6.07) is 0. The number of aromatic nitrogens is 2. The molecule has 0 amide bonds. The number of hydrogen-bond acceptors (Lipinski definition) is 2. The highest BCUT2D eigenvalue weighted by molar-refractivity contribution is 6.20. The van der Waals surface area contributed by atoms with Crippen LogP contribution in [0.25, 0.3) is 0 Å². The van der Waals surface area contributed by atoms with Gasteiger partial charge in [-0.05, 0) is 19.4 Å². The van der Waals surface area contributed by atoms with Gasteiger partial charge < -0.3 is 0 Å². The van der Waals surface area contributed by atoms with Crippen molar-refractivity contribution < 1.29 is 0 Å². The first-order valence-corrected chi connectivity index (χ1v) is 5.51. The summed E-state index contributed by atoms with van der Waals surface area (Å²) in [4.78, 5) is 2.40. The predicted molar refractivity (Wildman–Crippen MR) is 57.4 cm³/mol. The van der Waals surface area contributed by atoms with Crippen molar-refractivity contribution in [2.75, 3.05) is 13.1 Å². The van der Waals surface area contributed by atoms with Gasteiger partial charge >= 0.3 is 0 Å². The summed E-state index contributed by atoms with van der Waals surface area (Å²) in [5, 5.41) is 4.49. The summed E-state index contributed by atoms with van der Waals surface area (Å²) in [6.45, 7) is 3.16. The number of hydrogen-bond donors (Lipinski definition) is 0. The molecule has 1 fully saturated rings. The fraction of sp³-hybridized carbons (Fsp3) is 0.700. The van der Waals surface area contributed by atoms with Crippen LogP contribution in [0.3, 0.4) is 0 Å². The summed E-state index contributed by atoms with van der Waals surface area (Å²) in [7, 11) is 1.95. The average Bonchev–Trinajstić information content (AvgIpc) is 2.51. The first kappa shape index (κ1) is 9.99. The first-order chi connectivity index (χ1) is 6.74. The van der Waals surface area contributed by atoms with Crippen LogP contribution < -0.4 is 0 Å². The van der Waals surface area contributed by atoms with Gasteiger partial charge in [-0.15, -0.1) is 11.6 Å². The maximum absolute atomic E-state index is 6.12. The third-order valence-electron chi connectivity index (χ3n) is 2.61. The van der Waals surface area contributed by atoms with E-state index >= 15 is 0 Å². The van der Waals surface area contributed by atoms with Crippen molar-refractivity contribution in [3.05, 3.63) is 18.0 Å². The zero-order chi connectivity index (χ0) is 9.97. The SMILES string of the molecule is Cn1cc(CN2CCCC(Cl)C2)cn1. The zero-order valence-electron chi connectivity index (χ0n) is 8.49. The molecule has 2 heterocycles. The molecule has 0 saturated carbocycles. The average molecular weight is 214 g/mol. The van der Waals surface area contributed by atoms with Gasteiger partial charge in [0.1, 0.15) is 0 Å². The van der Waals surface area contributed by atoms with E-state index in [0.717, 1.165) is 26.1 Å². The second-order valence-corrected chi connectivity index (χ2v) is 4.61. The van der Waals surface area contributed by atoms with Crippen LogP contribution in [0.2, 0.25) is 0 Å². The van der Waals surface area contributed by atoms with Crippen molar-refractivity contribution >= 4 is 11.6 Å². The highest BCUT2D eigenvalue weighted by Crippen LogP contribution is 2.16. The van der Waals surface area contributed by atoms with E-state index in [2.05, 4.69) is 16.2 Å². The van der Waals surface area contributed by atoms with Crippen molar-refractivity contribution in [2.45, 2.75) is 24.8 Å². The third kappa shape index (κ3) is 2.49. The van der Waals surface area contributed by atoms with E-state index in [9.17, 15) is 0 Å². The molecule has 0 spiro atoms. The summed E-state index contributed by atoms with van der Waals surface area (Å²) in [6.07, 6.45) is 6.37. The van der Waals surface area contributed by atoms with Gasteiger partial charge in [-0.2, -0.15) is 5.10 Å². The molecule has 0 N–H and O–H groups in total. The lowest BCUT2D eigenvalue weighted by molar-refractivity contribution is 0.224. The largest absolute Gasteiger partial charge is 0.298 e. The van der Waals surface area contributed by atoms with Crippen LogP contribution in [-0.4, -0.2) is 33.1 Å². The highest BCUT2D eigenvalue weighted by atomic mass is 35.5. The van der Waals surface area contributed by atoms with E-state index in [1.807, 2.05) is 17.9 Å². The minimum atomic E-state index is 0.334. The van der Waals surface area contributed by atoms with E-state index in [-0.39, 0.29) is 0 Å². The molecular formula is C10H16ClN3. The van der Waals surface area contributed by atoms with Gasteiger partial charge in [-0.25, -0.2) is 0 Å². The van der Waals surface area contributed by atoms with E-state index in [4.69, 9.17) is 11.6 Å². The number of piperidine rings is 1. The summed E-state index contributed by atoms with van der Waals surface area (Å²) < 4.78 is 1.84. The Morgan fingerprint density at radius 1 is 1.64 bits per heavy atom. The van der Waals surface area contributed by atoms with Gasteiger partial charge in [0, 0.05) is 37.3 Å². The molecule has 0 aromatic carbocycles. The van der Waals surface area contributed by atoms with Crippen molar-refractivity contribution in [3.8, 4) is 0 Å². The number of likely N-dealkylation sites (tertiary alicyclic amines) is 1. The molecule has 0 bridgehead atoms. The zero-order valence-corrected chi connectivity index (χ0v) is 9.24. The second-order valence-electron chi connectivity index (χ2n) is 4.00. The Morgan fingerprint density at radius 2 is 2.50 bits per heavy atom. The second kappa shape index (κ2) is 4.32. The summed E-state index contributed by atoms with van der Waals surface area (Å²) in [5.41, 5.74) is 1.28. The minimum absolute atomic E-state index is 0.334. The van der Waals surface area contributed by atoms with Gasteiger partial charge in [0.25, 0.3) is 0 Å². The van der Waals surface area contributed by atoms with Gasteiger partial charge in [0.05, 0.1) is 6.20 Å². The fourth-order valence-electron chi connectivity index (χ4n) is 1.95. The molecule has 1 saturated heterocycles. The Bertz CT molecular complexity index is 297. The number of alkyl halides is 1. The molecule has 1 aromatic heterocycles. The number of nitrogens with zero attached hydrogens (tertiary/aromatic N) is 3. The quantitative estimate of drug-likeness (QED) is 0.697. The normalized spacial score (nSPS) is 24.0. The Balaban J connectivity index is 1.90. The van der Waals surface area contributed by atoms with Crippen molar-refractivity contribution in [1.82, 2.24) is 14.7 Å². The lowest BCUT2D eigenvalue weighted by Gasteiger charge is -2.29. The van der Waals surface area contributed by atoms with Crippen LogP contribution >= 0.6 is 11.6 Å². The molecule has 4 heteroatoms. The van der Waals surface area contributed by atoms with Crippen molar-refractivity contribution in [2.24, 2.45) is 7.05 Å². The number of aryl methyl sites for hydroxylation is 1. The molecule has 1 aliphatic heterocycles. The minimum Gasteiger partial charge on any atom is -0.298 e. The molecule has 14 heavy (non-hydrogen) atoms. The maximum atomic E-state index is 6.12. The van der Waals surface area contributed by atoms with E-state index in [0.29, 0.717) is 5.38 Å². The molecule has 1 aliphatic rings. The predicted octanol–water partition coefficient (Wildman–Crippen LogP) is 1.62. The van der Waals surface area contributed by atoms with E-state index in [1.165, 1.54) is 12.0 Å². The van der Waals surface area contributed by atoms with Crippen molar-refractivity contribution in [1.29, 1.82) is 0 Å². The monoisotopic (exact) mass is 213 g/mol. The topological polar surface area (TPSA) is 21.1 Å². The van der Waals surface area contributed by atoms with Gasteiger partial charge in [0.2, 0.25) is 0 Å². The lowest BCUT2D eigenvalue weighted by atomic mass is 10.1. The maximum Gasteiger partial charge on any atom is 0.0534 e. The third-order valence-corrected chi connectivity index (χ3v) is 2.97. The lowest BCUT2D eigenvalue weighted by Crippen LogP contribution is -2.35. The molecule has 2 rings (SSSR count). The Kier molecular flexibility index (Phi) is 3.08. The van der Waals surface area contributed by atoms with Gasteiger partial charge in [0.15, 0.2) is 0 Å². The van der Waals surface area contributed by atoms with Crippen molar-refractivity contribution in [3.63, 3.8) is 0 Å². The standard InChI is InChI=1S/C10H16ClN3/c1-13-6-9(5-12-13)7-14-4-2-3-10(11)8-14/h5-6,10H,2-4,7-8H2,1H3. The van der Waals surface area contributed by atoms with Crippen LogP contribution in [0.1, 0.15) is 18.4 Å². The van der Waals surface area contributed by atoms with Crippen LogP contribution in [0.5, 0.6) is 0 Å². The Labute approximate surface area is 89.7 Å². The molecule has 3 nitrogen and oxygen atoms in total. The highest BCUT2D eigenvalue weighted by Gasteiger charge is 2.17. The summed E-state index contributed by atoms with van der Waals surface area (Å²) in [5.74, 6) is 0. The van der Waals surface area contributed by atoms with Crippen LogP contribution in [0, 0.1) is 0 Å². The van der Waals surface area contributed by atoms with E-state index < -0.39 is 0 Å². The summed E-state index contributed by atoms with van der Waals surface area (Å²) >= 11 is 6.12. The molecule has 1 aromatic rings. The molecular weight excluding hydrogens is 198 g/mol. The molecule has 0 aliphatic carbocycles. The number of halogens is 1. The molecule has 1 atom stereocenters. The molecule has 0 radical (unpaired) electrons. The number of rotatable bonds is 2. The Hall–Kier alpha value is -0.540. The molecule has 1 unspecified atom stereocenters. The Morgan fingerprint density at radius 3 is 3.14 bits per heavy atom. The van der Waals surface area contributed by atoms with Crippen LogP contribution in [0.4, 0.5) is 0 Å². The smallest absolute Gasteiger partial charge is 0.0534 e. The first-order valence-electron chi connectivity index (χ1n) is 5.08. The van der Waals surface area contributed by atoms with Crippen LogP contribution in [0.15, 0.2) is 12.4 Å². The van der Waals surface area contributed by atoms with Gasteiger partial charge in [-0.1, -0.05) is 0 Å². The van der Waals surface area contributed by atoms with E-state index in [1.54, 1.807) is 0 Å². The fourth-order valence-corrected chi connectivity index (χ4v) is 2.30. The molecule has 78 valence electrons. The van der Waals surface area contributed by atoms with Gasteiger partial charge in [-0.3, -0.25) is 9.58 Å². The van der Waals surface area contributed by atoms with Crippen LogP contribution in [-0.2, 0) is 13.6 Å².